The second kappa shape index (κ2) is 11.0. The molecule has 2 aliphatic rings. The Balaban J connectivity index is 1.55. The summed E-state index contributed by atoms with van der Waals surface area (Å²) >= 11 is 0. The minimum Gasteiger partial charge on any atom is -0.481 e. The van der Waals surface area contributed by atoms with Crippen LogP contribution in [-0.2, 0) is 30.1 Å². The van der Waals surface area contributed by atoms with Crippen molar-refractivity contribution in [1.82, 2.24) is 16.0 Å². The van der Waals surface area contributed by atoms with Gasteiger partial charge in [-0.1, -0.05) is 24.3 Å². The Bertz CT molecular complexity index is 1360. The molecular formula is C26H31B2N3O9. The molecule has 0 fully saturated rings. The minimum absolute atomic E-state index is 0.0913. The Morgan fingerprint density at radius 1 is 0.825 bits per heavy atom. The highest BCUT2D eigenvalue weighted by Gasteiger charge is 2.44. The van der Waals surface area contributed by atoms with E-state index in [9.17, 15) is 29.2 Å². The molecule has 40 heavy (non-hydrogen) atoms. The first-order valence-corrected chi connectivity index (χ1v) is 12.8. The molecular weight excluding hydrogens is 520 g/mol. The number of carbonyl (C=O) groups is 4. The molecule has 0 aromatic heterocycles. The zero-order valence-corrected chi connectivity index (χ0v) is 22.6. The number of fused-ring (bicyclic) bond motifs is 2. The van der Waals surface area contributed by atoms with Crippen molar-refractivity contribution in [2.24, 2.45) is 0 Å². The number of hydrogen-bond acceptors (Lipinski definition) is 8. The summed E-state index contributed by atoms with van der Waals surface area (Å²) in [5.74, 6) is -3.15. The van der Waals surface area contributed by atoms with E-state index in [4.69, 9.17) is 14.4 Å². The van der Waals surface area contributed by atoms with E-state index in [1.165, 1.54) is 12.1 Å². The molecule has 0 saturated carbocycles. The van der Waals surface area contributed by atoms with E-state index >= 15 is 0 Å². The third-order valence-electron chi connectivity index (χ3n) is 7.03. The van der Waals surface area contributed by atoms with Crippen LogP contribution < -0.4 is 26.9 Å². The maximum Gasteiger partial charge on any atom is 0.492 e. The molecule has 0 bridgehead atoms. The lowest BCUT2D eigenvalue weighted by molar-refractivity contribution is -0.137. The van der Waals surface area contributed by atoms with Crippen molar-refractivity contribution in [3.05, 3.63) is 58.7 Å². The van der Waals surface area contributed by atoms with E-state index in [1.54, 1.807) is 52.0 Å². The molecule has 0 radical (unpaired) electrons. The van der Waals surface area contributed by atoms with Crippen LogP contribution in [0.3, 0.4) is 0 Å². The first kappa shape index (κ1) is 29.3. The largest absolute Gasteiger partial charge is 0.492 e. The Morgan fingerprint density at radius 3 is 1.82 bits per heavy atom. The lowest BCUT2D eigenvalue weighted by Crippen LogP contribution is -2.54. The van der Waals surface area contributed by atoms with Gasteiger partial charge in [-0.3, -0.25) is 19.2 Å². The first-order valence-electron chi connectivity index (χ1n) is 12.8. The molecule has 0 aliphatic carbocycles. The Morgan fingerprint density at radius 2 is 1.32 bits per heavy atom. The number of benzene rings is 2. The highest BCUT2D eigenvalue weighted by molar-refractivity contribution is 6.64. The monoisotopic (exact) mass is 551 g/mol. The zero-order valence-electron chi connectivity index (χ0n) is 22.6. The highest BCUT2D eigenvalue weighted by atomic mass is 16.5. The predicted molar refractivity (Wildman–Crippen MR) is 145 cm³/mol. The van der Waals surface area contributed by atoms with Crippen molar-refractivity contribution >= 4 is 48.9 Å². The number of nitrogens with one attached hydrogen (secondary N) is 3. The van der Waals surface area contributed by atoms with E-state index in [0.29, 0.717) is 16.6 Å². The van der Waals surface area contributed by atoms with E-state index in [1.807, 2.05) is 0 Å². The number of aliphatic carboxylic acids is 1. The Kier molecular flexibility index (Phi) is 8.08. The first-order chi connectivity index (χ1) is 18.7. The van der Waals surface area contributed by atoms with Gasteiger partial charge in [0.25, 0.3) is 11.8 Å². The van der Waals surface area contributed by atoms with Gasteiger partial charge in [-0.05, 0) is 51.0 Å². The van der Waals surface area contributed by atoms with Gasteiger partial charge in [0, 0.05) is 35.1 Å². The van der Waals surface area contributed by atoms with Gasteiger partial charge in [-0.15, -0.1) is 0 Å². The van der Waals surface area contributed by atoms with Crippen LogP contribution in [0.5, 0.6) is 0 Å². The van der Waals surface area contributed by atoms with Gasteiger partial charge in [0.15, 0.2) is 0 Å². The van der Waals surface area contributed by atoms with Gasteiger partial charge in [-0.2, -0.15) is 0 Å². The van der Waals surface area contributed by atoms with Crippen LogP contribution in [0.25, 0.3) is 0 Å². The van der Waals surface area contributed by atoms with Crippen LogP contribution >= 0.6 is 0 Å². The number of carboxylic acids is 1. The maximum atomic E-state index is 13.3. The number of rotatable bonds is 9. The zero-order chi connectivity index (χ0) is 29.4. The fourth-order valence-electron chi connectivity index (χ4n) is 5.06. The van der Waals surface area contributed by atoms with Crippen LogP contribution in [0.2, 0.25) is 0 Å². The summed E-state index contributed by atoms with van der Waals surface area (Å²) in [6, 6.07) is 8.46. The van der Waals surface area contributed by atoms with Crippen LogP contribution in [0.4, 0.5) is 0 Å². The maximum absolute atomic E-state index is 13.3. The van der Waals surface area contributed by atoms with Crippen molar-refractivity contribution in [2.45, 2.75) is 51.4 Å². The van der Waals surface area contributed by atoms with E-state index in [2.05, 4.69) is 16.0 Å². The smallest absolute Gasteiger partial charge is 0.481 e. The van der Waals surface area contributed by atoms with Crippen molar-refractivity contribution in [3.8, 4) is 0 Å². The SMILES string of the molecule is CC1(C)OB(O)c2c(C(=O)NC[C@H](NC(=O)c3cccc4c3B(O)OC4(C)C)C(=O)NCCC(=O)O)cccc21. The van der Waals surface area contributed by atoms with Gasteiger partial charge in [0.05, 0.1) is 17.6 Å². The van der Waals surface area contributed by atoms with Crippen molar-refractivity contribution in [2.75, 3.05) is 13.1 Å². The van der Waals surface area contributed by atoms with Crippen LogP contribution in [-0.4, -0.2) is 72.2 Å². The number of carbonyl (C=O) groups excluding carboxylic acids is 3. The number of carboxylic acid groups (broad SMARTS) is 1. The summed E-state index contributed by atoms with van der Waals surface area (Å²) in [5.41, 5.74) is 0.429. The highest BCUT2D eigenvalue weighted by Crippen LogP contribution is 2.31. The third kappa shape index (κ3) is 5.75. The van der Waals surface area contributed by atoms with Crippen LogP contribution in [0.1, 0.15) is 66.0 Å². The van der Waals surface area contributed by atoms with Crippen molar-refractivity contribution in [1.29, 1.82) is 0 Å². The average molecular weight is 551 g/mol. The number of amides is 3. The van der Waals surface area contributed by atoms with Crippen molar-refractivity contribution < 1.29 is 43.6 Å². The molecule has 12 nitrogen and oxygen atoms in total. The topological polar surface area (TPSA) is 184 Å². The molecule has 6 N–H and O–H groups in total. The second-order valence-electron chi connectivity index (χ2n) is 10.7. The molecule has 4 rings (SSSR count). The summed E-state index contributed by atoms with van der Waals surface area (Å²) in [6.07, 6.45) is -0.340. The molecule has 14 heteroatoms. The van der Waals surface area contributed by atoms with E-state index in [0.717, 1.165) is 0 Å². The predicted octanol–water partition coefficient (Wildman–Crippen LogP) is -1.29. The summed E-state index contributed by atoms with van der Waals surface area (Å²) < 4.78 is 11.2. The molecule has 2 aromatic rings. The molecule has 2 aromatic carbocycles. The molecule has 2 heterocycles. The van der Waals surface area contributed by atoms with E-state index < -0.39 is 55.2 Å². The fraction of sp³-hybridized carbons (Fsp3) is 0.385. The normalized spacial score (nSPS) is 17.1. The van der Waals surface area contributed by atoms with Crippen LogP contribution in [0, 0.1) is 0 Å². The molecule has 0 spiro atoms. The molecule has 0 unspecified atom stereocenters. The summed E-state index contributed by atoms with van der Waals surface area (Å²) in [4.78, 5) is 50.4. The standard InChI is InChI=1S/C26H31B2N3O9/c1-25(2)16-9-5-7-14(20(16)27(37)39-25)22(34)30-13-18(24(36)29-12-11-19(32)33)31-23(35)15-8-6-10-17-21(15)28(38)40-26(17,3)4/h5-10,18,37-38H,11-13H2,1-4H3,(H,29,36)(H,30,34)(H,31,35)(H,32,33)/t18-/m0/s1. The molecule has 0 saturated heterocycles. The van der Waals surface area contributed by atoms with Gasteiger partial charge in [0.2, 0.25) is 5.91 Å². The fourth-order valence-corrected chi connectivity index (χ4v) is 5.06. The average Bonchev–Trinajstić information content (AvgIpc) is 3.27. The Hall–Kier alpha value is -3.71. The van der Waals surface area contributed by atoms with E-state index in [-0.39, 0.29) is 36.1 Å². The van der Waals surface area contributed by atoms with Gasteiger partial charge >= 0.3 is 20.2 Å². The molecule has 210 valence electrons. The van der Waals surface area contributed by atoms with Crippen molar-refractivity contribution in [3.63, 3.8) is 0 Å². The summed E-state index contributed by atoms with van der Waals surface area (Å²) in [7, 11) is -2.67. The second-order valence-corrected chi connectivity index (χ2v) is 10.7. The lowest BCUT2D eigenvalue weighted by Gasteiger charge is -2.21. The molecule has 3 amide bonds. The summed E-state index contributed by atoms with van der Waals surface area (Å²) in [5, 5.41) is 37.5. The third-order valence-corrected chi connectivity index (χ3v) is 7.03. The van der Waals surface area contributed by atoms with Gasteiger partial charge < -0.3 is 40.4 Å². The van der Waals surface area contributed by atoms with Gasteiger partial charge in [-0.25, -0.2) is 0 Å². The lowest BCUT2D eigenvalue weighted by atomic mass is 9.74. The molecule has 1 atom stereocenters. The Labute approximate surface area is 231 Å². The quantitative estimate of drug-likeness (QED) is 0.207. The number of hydrogen-bond donors (Lipinski definition) is 6. The minimum atomic E-state index is -1.35. The summed E-state index contributed by atoms with van der Waals surface area (Å²) in [6.45, 7) is 6.48. The molecule has 2 aliphatic heterocycles. The van der Waals surface area contributed by atoms with Crippen LogP contribution in [0.15, 0.2) is 36.4 Å². The van der Waals surface area contributed by atoms with Gasteiger partial charge in [0.1, 0.15) is 6.04 Å².